The minimum Gasteiger partial charge on any atom is -0.450 e. The molecule has 4 aliphatic heterocycles. The molecule has 0 aromatic heterocycles. The number of nitrogens with zero attached hydrogens (tertiary/aromatic N) is 1. The van der Waals surface area contributed by atoms with E-state index in [0.29, 0.717) is 0 Å². The Labute approximate surface area is 200 Å². The zero-order chi connectivity index (χ0) is 25.6. The van der Waals surface area contributed by atoms with E-state index in [0.717, 1.165) is 0 Å². The van der Waals surface area contributed by atoms with Crippen molar-refractivity contribution < 1.29 is 69.3 Å². The van der Waals surface area contributed by atoms with Gasteiger partial charge in [-0.15, -0.1) is 0 Å². The minimum atomic E-state index is -1.75. The van der Waals surface area contributed by atoms with E-state index in [1.54, 1.807) is 6.92 Å². The molecule has 4 heterocycles. The van der Waals surface area contributed by atoms with Crippen LogP contribution < -0.4 is 0 Å². The van der Waals surface area contributed by atoms with Crippen LogP contribution in [-0.2, 0) is 28.4 Å². The van der Waals surface area contributed by atoms with Crippen molar-refractivity contribution in [2.24, 2.45) is 4.99 Å². The van der Waals surface area contributed by atoms with E-state index in [1.165, 1.54) is 6.92 Å². The van der Waals surface area contributed by atoms with Gasteiger partial charge in [0.1, 0.15) is 67.1 Å². The molecule has 15 nitrogen and oxygen atoms in total. The van der Waals surface area contributed by atoms with Gasteiger partial charge in [-0.2, -0.15) is 0 Å². The lowest BCUT2D eigenvalue weighted by Gasteiger charge is -2.47. The molecule has 4 aliphatic rings. The van der Waals surface area contributed by atoms with E-state index in [4.69, 9.17) is 28.4 Å². The molecule has 0 aliphatic carbocycles. The van der Waals surface area contributed by atoms with Crippen molar-refractivity contribution in [3.8, 4) is 0 Å². The maximum atomic E-state index is 10.5. The quantitative estimate of drug-likeness (QED) is 0.167. The fourth-order valence-electron chi connectivity index (χ4n) is 4.62. The van der Waals surface area contributed by atoms with Crippen LogP contribution in [0.15, 0.2) is 4.99 Å². The smallest absolute Gasteiger partial charge is 0.227 e. The molecule has 4 rings (SSSR count). The maximum Gasteiger partial charge on any atom is 0.227 e. The Bertz CT molecular complexity index is 755. The highest BCUT2D eigenvalue weighted by Gasteiger charge is 2.56. The Kier molecular flexibility index (Phi) is 8.29. The van der Waals surface area contributed by atoms with Gasteiger partial charge in [-0.1, -0.05) is 0 Å². The van der Waals surface area contributed by atoms with Crippen molar-refractivity contribution in [1.29, 1.82) is 0 Å². The van der Waals surface area contributed by atoms with Crippen molar-refractivity contribution in [1.82, 2.24) is 0 Å². The third-order valence-electron chi connectivity index (χ3n) is 6.65. The van der Waals surface area contributed by atoms with Gasteiger partial charge in [0.15, 0.2) is 18.5 Å². The molecule has 0 amide bonds. The van der Waals surface area contributed by atoms with Crippen molar-refractivity contribution >= 4 is 5.90 Å². The first-order valence-corrected chi connectivity index (χ1v) is 11.4. The molecule has 6 unspecified atom stereocenters. The summed E-state index contributed by atoms with van der Waals surface area (Å²) in [6.45, 7) is 1.74. The molecule has 3 fully saturated rings. The van der Waals surface area contributed by atoms with E-state index in [9.17, 15) is 40.9 Å². The molecular formula is C20H33NO14. The number of aliphatic imine (C=N–C) groups is 1. The highest BCUT2D eigenvalue weighted by atomic mass is 16.8. The second-order valence-electron chi connectivity index (χ2n) is 9.06. The summed E-state index contributed by atoms with van der Waals surface area (Å²) in [6, 6.07) is -0.900. The number of hydrogen-bond donors (Lipinski definition) is 8. The van der Waals surface area contributed by atoms with Crippen LogP contribution in [0.25, 0.3) is 0 Å². The van der Waals surface area contributed by atoms with E-state index in [2.05, 4.69) is 4.99 Å². The molecule has 0 bridgehead atoms. The molecular weight excluding hydrogens is 478 g/mol. The van der Waals surface area contributed by atoms with E-state index in [1.807, 2.05) is 0 Å². The van der Waals surface area contributed by atoms with Gasteiger partial charge in [0.2, 0.25) is 6.29 Å². The average molecular weight is 511 g/mol. The monoisotopic (exact) mass is 511 g/mol. The van der Waals surface area contributed by atoms with Gasteiger partial charge in [0.05, 0.1) is 19.3 Å². The number of rotatable bonds is 6. The molecule has 3 saturated heterocycles. The number of fused-ring (bicyclic) bond motifs is 1. The lowest BCUT2D eigenvalue weighted by molar-refractivity contribution is -0.366. The highest BCUT2D eigenvalue weighted by Crippen LogP contribution is 2.36. The zero-order valence-electron chi connectivity index (χ0n) is 19.0. The molecule has 0 aromatic rings. The molecule has 0 aromatic carbocycles. The lowest BCUT2D eigenvalue weighted by Crippen LogP contribution is -2.66. The fraction of sp³-hybridized carbons (Fsp3) is 0.950. The van der Waals surface area contributed by atoms with Gasteiger partial charge in [-0.25, -0.2) is 4.99 Å². The largest absolute Gasteiger partial charge is 0.450 e. The first kappa shape index (κ1) is 27.0. The van der Waals surface area contributed by atoms with Crippen molar-refractivity contribution in [3.63, 3.8) is 0 Å². The van der Waals surface area contributed by atoms with E-state index < -0.39 is 105 Å². The van der Waals surface area contributed by atoms with Crippen molar-refractivity contribution in [2.75, 3.05) is 13.2 Å². The van der Waals surface area contributed by atoms with Crippen molar-refractivity contribution in [2.45, 2.75) is 106 Å². The SMILES string of the molecule is CC1=NC2[C@@H](O1)OC(CO)[C@@H](O[C@@H]1OC(CO)[C@H](O)[C@H](O)C1O)[C@@H]2O[C@@H]1OC(C)[C@@H](O)[C@H](O)C1O. The van der Waals surface area contributed by atoms with Crippen LogP contribution in [0.4, 0.5) is 0 Å². The van der Waals surface area contributed by atoms with Crippen LogP contribution in [0.3, 0.4) is 0 Å². The third kappa shape index (κ3) is 5.06. The summed E-state index contributed by atoms with van der Waals surface area (Å²) in [7, 11) is 0. The fourth-order valence-corrected chi connectivity index (χ4v) is 4.62. The van der Waals surface area contributed by atoms with Gasteiger partial charge in [0.25, 0.3) is 0 Å². The lowest BCUT2D eigenvalue weighted by atomic mass is 9.95. The molecule has 202 valence electrons. The van der Waals surface area contributed by atoms with Crippen LogP contribution in [0.5, 0.6) is 0 Å². The summed E-state index contributed by atoms with van der Waals surface area (Å²) in [4.78, 5) is 4.33. The molecule has 15 heteroatoms. The molecule has 0 saturated carbocycles. The average Bonchev–Trinajstić information content (AvgIpc) is 3.22. The normalized spacial score (nSPS) is 52.5. The Morgan fingerprint density at radius 3 is 1.91 bits per heavy atom. The predicted molar refractivity (Wildman–Crippen MR) is 110 cm³/mol. The van der Waals surface area contributed by atoms with Crippen LogP contribution in [0.2, 0.25) is 0 Å². The Balaban J connectivity index is 1.61. The summed E-state index contributed by atoms with van der Waals surface area (Å²) >= 11 is 0. The molecule has 8 N–H and O–H groups in total. The van der Waals surface area contributed by atoms with Gasteiger partial charge in [0, 0.05) is 6.92 Å². The third-order valence-corrected chi connectivity index (χ3v) is 6.65. The number of aliphatic hydroxyl groups excluding tert-OH is 8. The van der Waals surface area contributed by atoms with Crippen LogP contribution in [0.1, 0.15) is 13.8 Å². The molecule has 35 heavy (non-hydrogen) atoms. The molecule has 0 radical (unpaired) electrons. The van der Waals surface area contributed by atoms with E-state index >= 15 is 0 Å². The predicted octanol–water partition coefficient (Wildman–Crippen LogP) is -5.08. The summed E-state index contributed by atoms with van der Waals surface area (Å²) in [6.07, 6.45) is -19.5. The zero-order valence-corrected chi connectivity index (χ0v) is 19.0. The van der Waals surface area contributed by atoms with Gasteiger partial charge in [-0.05, 0) is 6.92 Å². The summed E-state index contributed by atoms with van der Waals surface area (Å²) < 4.78 is 34.1. The number of ether oxygens (including phenoxy) is 6. The summed E-state index contributed by atoms with van der Waals surface area (Å²) in [5.41, 5.74) is 0. The number of hydrogen-bond acceptors (Lipinski definition) is 15. The van der Waals surface area contributed by atoms with Gasteiger partial charge < -0.3 is 69.3 Å². The van der Waals surface area contributed by atoms with E-state index in [-0.39, 0.29) is 5.90 Å². The van der Waals surface area contributed by atoms with Gasteiger partial charge >= 0.3 is 0 Å². The highest BCUT2D eigenvalue weighted by molar-refractivity contribution is 5.75. The van der Waals surface area contributed by atoms with Crippen LogP contribution >= 0.6 is 0 Å². The summed E-state index contributed by atoms with van der Waals surface area (Å²) in [5.74, 6) is 0.243. The standard InChI is InChI=1S/C20H33NO14/c1-5-10(24)12(26)14(28)19(30-5)35-17-9-18(31-6(2)21-9)33-8(4-23)16(17)34-20-15(29)13(27)11(25)7(3-22)32-20/h5,7-20,22-29H,3-4H2,1-2H3/t5?,7?,8?,9?,10-,11+,12+,13+,14?,15?,16-,17-,18+,19+,20+/m1/s1. The Morgan fingerprint density at radius 2 is 1.29 bits per heavy atom. The maximum absolute atomic E-state index is 10.5. The van der Waals surface area contributed by atoms with Crippen molar-refractivity contribution in [3.05, 3.63) is 0 Å². The second-order valence-corrected chi connectivity index (χ2v) is 9.06. The van der Waals surface area contributed by atoms with Crippen LogP contribution in [0, 0.1) is 0 Å². The minimum absolute atomic E-state index is 0.243. The second kappa shape index (κ2) is 10.7. The first-order valence-electron chi connectivity index (χ1n) is 11.4. The topological polar surface area (TPSA) is 230 Å². The summed E-state index contributed by atoms with van der Waals surface area (Å²) in [5, 5.41) is 80.6. The Hall–Kier alpha value is -1.05. The molecule has 0 spiro atoms. The molecule has 15 atom stereocenters. The Morgan fingerprint density at radius 1 is 0.714 bits per heavy atom. The van der Waals surface area contributed by atoms with Gasteiger partial charge in [-0.3, -0.25) is 0 Å². The first-order chi connectivity index (χ1) is 16.6. The number of aliphatic hydroxyl groups is 8. The van der Waals surface area contributed by atoms with Crippen LogP contribution in [-0.4, -0.2) is 152 Å².